The SMILES string of the molecule is COC(C)c1cccc(NC(C)c2ccc(S(C)(=O)=O)cc2)c1. The van der Waals surface area contributed by atoms with Crippen molar-refractivity contribution in [1.82, 2.24) is 0 Å². The van der Waals surface area contributed by atoms with Crippen molar-refractivity contribution < 1.29 is 13.2 Å². The van der Waals surface area contributed by atoms with E-state index in [-0.39, 0.29) is 12.1 Å². The van der Waals surface area contributed by atoms with Crippen molar-refractivity contribution in [2.75, 3.05) is 18.7 Å². The average Bonchev–Trinajstić information content (AvgIpc) is 2.53. The van der Waals surface area contributed by atoms with Gasteiger partial charge in [-0.1, -0.05) is 24.3 Å². The lowest BCUT2D eigenvalue weighted by Crippen LogP contribution is -2.08. The molecule has 2 atom stereocenters. The van der Waals surface area contributed by atoms with Gasteiger partial charge in [0.15, 0.2) is 9.84 Å². The first-order valence-corrected chi connectivity index (χ1v) is 9.39. The lowest BCUT2D eigenvalue weighted by Gasteiger charge is -2.18. The quantitative estimate of drug-likeness (QED) is 0.869. The molecule has 0 heterocycles. The molecule has 2 aromatic carbocycles. The topological polar surface area (TPSA) is 55.4 Å². The molecule has 0 bridgehead atoms. The van der Waals surface area contributed by atoms with Gasteiger partial charge in [0.2, 0.25) is 0 Å². The molecule has 0 aliphatic carbocycles. The van der Waals surface area contributed by atoms with Gasteiger partial charge in [-0.3, -0.25) is 0 Å². The Hall–Kier alpha value is -1.85. The maximum absolute atomic E-state index is 11.5. The van der Waals surface area contributed by atoms with E-state index >= 15 is 0 Å². The number of methoxy groups -OCH3 is 1. The minimum atomic E-state index is -3.16. The Morgan fingerprint density at radius 1 is 1.00 bits per heavy atom. The van der Waals surface area contributed by atoms with Crippen molar-refractivity contribution in [2.45, 2.75) is 30.9 Å². The van der Waals surface area contributed by atoms with Crippen LogP contribution in [0.3, 0.4) is 0 Å². The summed E-state index contributed by atoms with van der Waals surface area (Å²) < 4.78 is 28.4. The molecule has 5 heteroatoms. The summed E-state index contributed by atoms with van der Waals surface area (Å²) in [6.45, 7) is 4.05. The summed E-state index contributed by atoms with van der Waals surface area (Å²) in [7, 11) is -1.47. The molecule has 0 saturated carbocycles. The highest BCUT2D eigenvalue weighted by Gasteiger charge is 2.10. The Balaban J connectivity index is 2.14. The van der Waals surface area contributed by atoms with Gasteiger partial charge in [-0.2, -0.15) is 0 Å². The highest BCUT2D eigenvalue weighted by molar-refractivity contribution is 7.90. The van der Waals surface area contributed by atoms with Gasteiger partial charge >= 0.3 is 0 Å². The van der Waals surface area contributed by atoms with Crippen molar-refractivity contribution in [2.24, 2.45) is 0 Å². The predicted octanol–water partition coefficient (Wildman–Crippen LogP) is 3.97. The molecule has 0 aliphatic heterocycles. The Labute approximate surface area is 138 Å². The van der Waals surface area contributed by atoms with Crippen LogP contribution in [0.25, 0.3) is 0 Å². The molecule has 0 radical (unpaired) electrons. The molecule has 4 nitrogen and oxygen atoms in total. The summed E-state index contributed by atoms with van der Waals surface area (Å²) in [5.41, 5.74) is 3.14. The maximum atomic E-state index is 11.5. The smallest absolute Gasteiger partial charge is 0.175 e. The molecular formula is C18H23NO3S. The van der Waals surface area contributed by atoms with Gasteiger partial charge in [-0.25, -0.2) is 8.42 Å². The largest absolute Gasteiger partial charge is 0.379 e. The van der Waals surface area contributed by atoms with Crippen LogP contribution < -0.4 is 5.32 Å². The number of anilines is 1. The van der Waals surface area contributed by atoms with Crippen LogP contribution in [0.4, 0.5) is 5.69 Å². The molecule has 23 heavy (non-hydrogen) atoms. The first-order chi connectivity index (χ1) is 10.8. The third kappa shape index (κ3) is 4.56. The van der Waals surface area contributed by atoms with Crippen LogP contribution in [-0.4, -0.2) is 21.8 Å². The summed E-state index contributed by atoms with van der Waals surface area (Å²) in [6.07, 6.45) is 1.26. The molecule has 0 aromatic heterocycles. The lowest BCUT2D eigenvalue weighted by molar-refractivity contribution is 0.119. The van der Waals surface area contributed by atoms with Crippen LogP contribution in [0.2, 0.25) is 0 Å². The van der Waals surface area contributed by atoms with E-state index in [0.717, 1.165) is 16.8 Å². The van der Waals surface area contributed by atoms with Crippen molar-refractivity contribution in [3.8, 4) is 0 Å². The predicted molar refractivity (Wildman–Crippen MR) is 93.5 cm³/mol. The van der Waals surface area contributed by atoms with Crippen LogP contribution in [0.5, 0.6) is 0 Å². The summed E-state index contributed by atoms with van der Waals surface area (Å²) in [4.78, 5) is 0.337. The van der Waals surface area contributed by atoms with E-state index in [9.17, 15) is 8.42 Å². The first kappa shape index (κ1) is 17.5. The van der Waals surface area contributed by atoms with E-state index in [1.165, 1.54) is 6.26 Å². The van der Waals surface area contributed by atoms with Gasteiger partial charge < -0.3 is 10.1 Å². The van der Waals surface area contributed by atoms with E-state index in [1.54, 1.807) is 19.2 Å². The third-order valence-electron chi connectivity index (χ3n) is 3.90. The fraction of sp³-hybridized carbons (Fsp3) is 0.333. The molecule has 2 aromatic rings. The second-order valence-corrected chi connectivity index (χ2v) is 7.73. The Morgan fingerprint density at radius 3 is 2.22 bits per heavy atom. The average molecular weight is 333 g/mol. The number of hydrogen-bond acceptors (Lipinski definition) is 4. The standard InChI is InChI=1S/C18H23NO3S/c1-13(15-8-10-18(11-9-15)23(4,20)21)19-17-7-5-6-16(12-17)14(2)22-3/h5-14,19H,1-4H3. The number of rotatable bonds is 6. The molecule has 124 valence electrons. The monoisotopic (exact) mass is 333 g/mol. The van der Waals surface area contributed by atoms with Gasteiger partial charge in [-0.15, -0.1) is 0 Å². The fourth-order valence-corrected chi connectivity index (χ4v) is 2.98. The normalized spacial score (nSPS) is 14.3. The maximum Gasteiger partial charge on any atom is 0.175 e. The molecule has 1 N–H and O–H groups in total. The second-order valence-electron chi connectivity index (χ2n) is 5.71. The van der Waals surface area contributed by atoms with E-state index in [0.29, 0.717) is 4.90 Å². The molecule has 2 rings (SSSR count). The Bertz CT molecular complexity index is 754. The zero-order valence-electron chi connectivity index (χ0n) is 13.9. The summed E-state index contributed by atoms with van der Waals surface area (Å²) >= 11 is 0. The minimum Gasteiger partial charge on any atom is -0.379 e. The molecule has 2 unspecified atom stereocenters. The number of nitrogens with one attached hydrogen (secondary N) is 1. The molecule has 0 amide bonds. The van der Waals surface area contributed by atoms with Crippen molar-refractivity contribution in [1.29, 1.82) is 0 Å². The van der Waals surface area contributed by atoms with Gasteiger partial charge in [0.05, 0.1) is 11.0 Å². The summed E-state index contributed by atoms with van der Waals surface area (Å²) in [5, 5.41) is 3.43. The molecular weight excluding hydrogens is 310 g/mol. The van der Waals surface area contributed by atoms with Gasteiger partial charge in [0.1, 0.15) is 0 Å². The van der Waals surface area contributed by atoms with E-state index in [1.807, 2.05) is 44.2 Å². The number of sulfone groups is 1. The molecule has 0 spiro atoms. The van der Waals surface area contributed by atoms with E-state index in [4.69, 9.17) is 4.74 Å². The van der Waals surface area contributed by atoms with Crippen LogP contribution >= 0.6 is 0 Å². The lowest BCUT2D eigenvalue weighted by atomic mass is 10.1. The number of ether oxygens (including phenoxy) is 1. The summed E-state index contributed by atoms with van der Waals surface area (Å²) in [5.74, 6) is 0. The van der Waals surface area contributed by atoms with Gasteiger partial charge in [0.25, 0.3) is 0 Å². The van der Waals surface area contributed by atoms with Crippen LogP contribution in [0.15, 0.2) is 53.4 Å². The zero-order chi connectivity index (χ0) is 17.0. The second kappa shape index (κ2) is 7.15. The summed E-state index contributed by atoms with van der Waals surface area (Å²) in [6, 6.07) is 15.1. The van der Waals surface area contributed by atoms with E-state index < -0.39 is 9.84 Å². The van der Waals surface area contributed by atoms with Crippen molar-refractivity contribution in [3.63, 3.8) is 0 Å². The molecule has 0 aliphatic rings. The molecule has 0 saturated heterocycles. The highest BCUT2D eigenvalue weighted by Crippen LogP contribution is 2.24. The third-order valence-corrected chi connectivity index (χ3v) is 5.03. The minimum absolute atomic E-state index is 0.0427. The van der Waals surface area contributed by atoms with Gasteiger partial charge in [-0.05, 0) is 49.2 Å². The number of benzene rings is 2. The molecule has 0 fully saturated rings. The highest BCUT2D eigenvalue weighted by atomic mass is 32.2. The first-order valence-electron chi connectivity index (χ1n) is 7.50. The number of hydrogen-bond donors (Lipinski definition) is 1. The van der Waals surface area contributed by atoms with Gasteiger partial charge in [0, 0.05) is 25.1 Å². The van der Waals surface area contributed by atoms with Crippen molar-refractivity contribution in [3.05, 3.63) is 59.7 Å². The zero-order valence-corrected chi connectivity index (χ0v) is 14.7. The fourth-order valence-electron chi connectivity index (χ4n) is 2.35. The van der Waals surface area contributed by atoms with E-state index in [2.05, 4.69) is 11.4 Å². The Kier molecular flexibility index (Phi) is 5.44. The van der Waals surface area contributed by atoms with Crippen LogP contribution in [-0.2, 0) is 14.6 Å². The van der Waals surface area contributed by atoms with Crippen LogP contribution in [0.1, 0.15) is 37.1 Å². The Morgan fingerprint density at radius 2 is 1.65 bits per heavy atom. The van der Waals surface area contributed by atoms with Crippen LogP contribution in [0, 0.1) is 0 Å². The van der Waals surface area contributed by atoms with Crippen molar-refractivity contribution >= 4 is 15.5 Å².